The Kier molecular flexibility index (Phi) is 5.13. The van der Waals surface area contributed by atoms with Crippen LogP contribution in [0.3, 0.4) is 0 Å². The fraction of sp³-hybridized carbons (Fsp3) is 0.143. The molecule has 1 amide bonds. The Morgan fingerprint density at radius 3 is 2.59 bits per heavy atom. The summed E-state index contributed by atoms with van der Waals surface area (Å²) >= 11 is 0. The summed E-state index contributed by atoms with van der Waals surface area (Å²) in [6.45, 7) is 5.75. The smallest absolute Gasteiger partial charge is 0.274 e. The molecule has 2 N–H and O–H groups in total. The molecule has 0 spiro atoms. The predicted octanol–water partition coefficient (Wildman–Crippen LogP) is 4.27. The van der Waals surface area contributed by atoms with Gasteiger partial charge in [-0.2, -0.15) is 5.26 Å². The zero-order valence-corrected chi connectivity index (χ0v) is 15.4. The monoisotopic (exact) mass is 357 g/mol. The average molecular weight is 357 g/mol. The van der Waals surface area contributed by atoms with Gasteiger partial charge in [0.1, 0.15) is 5.69 Å². The molecule has 2 aromatic carbocycles. The van der Waals surface area contributed by atoms with E-state index in [2.05, 4.69) is 26.7 Å². The highest BCUT2D eigenvalue weighted by Gasteiger charge is 2.12. The van der Waals surface area contributed by atoms with Crippen LogP contribution in [0.1, 0.15) is 32.9 Å². The fourth-order valence-corrected chi connectivity index (χ4v) is 2.68. The van der Waals surface area contributed by atoms with E-state index >= 15 is 0 Å². The van der Waals surface area contributed by atoms with Gasteiger partial charge in [0.15, 0.2) is 0 Å². The lowest BCUT2D eigenvalue weighted by atomic mass is 10.1. The molecule has 0 saturated heterocycles. The van der Waals surface area contributed by atoms with E-state index in [-0.39, 0.29) is 11.6 Å². The predicted molar refractivity (Wildman–Crippen MR) is 105 cm³/mol. The van der Waals surface area contributed by atoms with E-state index in [0.29, 0.717) is 22.9 Å². The number of rotatable bonds is 4. The SMILES string of the molecule is Cc1ccc(NC(=O)c2cc(C)nc(Nc3cccc(C#N)c3)n2)c(C)c1. The van der Waals surface area contributed by atoms with E-state index in [9.17, 15) is 4.79 Å². The third kappa shape index (κ3) is 4.47. The normalized spacial score (nSPS) is 10.1. The number of hydrogen-bond donors (Lipinski definition) is 2. The lowest BCUT2D eigenvalue weighted by molar-refractivity contribution is 0.102. The molecule has 1 aromatic heterocycles. The van der Waals surface area contributed by atoms with Crippen LogP contribution in [0.4, 0.5) is 17.3 Å². The van der Waals surface area contributed by atoms with E-state index in [4.69, 9.17) is 5.26 Å². The van der Waals surface area contributed by atoms with Crippen molar-refractivity contribution in [2.45, 2.75) is 20.8 Å². The lowest BCUT2D eigenvalue weighted by Gasteiger charge is -2.11. The van der Waals surface area contributed by atoms with E-state index in [1.165, 1.54) is 0 Å². The molecule has 0 bridgehead atoms. The Hall–Kier alpha value is -3.72. The molecule has 3 rings (SSSR count). The van der Waals surface area contributed by atoms with Gasteiger partial charge in [-0.1, -0.05) is 23.8 Å². The van der Waals surface area contributed by atoms with Gasteiger partial charge < -0.3 is 10.6 Å². The van der Waals surface area contributed by atoms with Crippen molar-refractivity contribution in [3.05, 3.63) is 76.6 Å². The molecule has 1 heterocycles. The third-order valence-corrected chi connectivity index (χ3v) is 3.96. The van der Waals surface area contributed by atoms with Crippen molar-refractivity contribution in [1.82, 2.24) is 9.97 Å². The number of benzene rings is 2. The fourth-order valence-electron chi connectivity index (χ4n) is 2.68. The van der Waals surface area contributed by atoms with Crippen LogP contribution in [-0.2, 0) is 0 Å². The lowest BCUT2D eigenvalue weighted by Crippen LogP contribution is -2.16. The number of hydrogen-bond acceptors (Lipinski definition) is 5. The largest absolute Gasteiger partial charge is 0.324 e. The first kappa shape index (κ1) is 18.1. The van der Waals surface area contributed by atoms with Gasteiger partial charge in [0.05, 0.1) is 11.6 Å². The van der Waals surface area contributed by atoms with E-state index < -0.39 is 0 Å². The van der Waals surface area contributed by atoms with Gasteiger partial charge in [-0.25, -0.2) is 9.97 Å². The van der Waals surface area contributed by atoms with Gasteiger partial charge in [0, 0.05) is 17.1 Å². The average Bonchev–Trinajstić information content (AvgIpc) is 2.63. The zero-order chi connectivity index (χ0) is 19.4. The summed E-state index contributed by atoms with van der Waals surface area (Å²) in [4.78, 5) is 21.3. The van der Waals surface area contributed by atoms with E-state index in [0.717, 1.165) is 16.8 Å². The van der Waals surface area contributed by atoms with Crippen LogP contribution < -0.4 is 10.6 Å². The summed E-state index contributed by atoms with van der Waals surface area (Å²) < 4.78 is 0. The van der Waals surface area contributed by atoms with Crippen molar-refractivity contribution in [2.24, 2.45) is 0 Å². The Labute approximate surface area is 157 Å². The second-order valence-electron chi connectivity index (χ2n) is 6.31. The van der Waals surface area contributed by atoms with Crippen LogP contribution in [0.15, 0.2) is 48.5 Å². The first-order valence-electron chi connectivity index (χ1n) is 8.46. The van der Waals surface area contributed by atoms with Crippen molar-refractivity contribution >= 4 is 23.2 Å². The second-order valence-corrected chi connectivity index (χ2v) is 6.31. The van der Waals surface area contributed by atoms with Crippen LogP contribution in [0, 0.1) is 32.1 Å². The minimum atomic E-state index is -0.304. The highest BCUT2D eigenvalue weighted by Crippen LogP contribution is 2.18. The van der Waals surface area contributed by atoms with Crippen LogP contribution in [-0.4, -0.2) is 15.9 Å². The molecule has 6 nitrogen and oxygen atoms in total. The molecule has 0 unspecified atom stereocenters. The van der Waals surface area contributed by atoms with Gasteiger partial charge in [-0.3, -0.25) is 4.79 Å². The molecule has 0 radical (unpaired) electrons. The van der Waals surface area contributed by atoms with E-state index in [1.807, 2.05) is 38.1 Å². The molecular weight excluding hydrogens is 338 g/mol. The zero-order valence-electron chi connectivity index (χ0n) is 15.4. The molecule has 0 fully saturated rings. The summed E-state index contributed by atoms with van der Waals surface area (Å²) in [5.41, 5.74) is 5.00. The van der Waals surface area contributed by atoms with Crippen LogP contribution >= 0.6 is 0 Å². The first-order valence-corrected chi connectivity index (χ1v) is 8.46. The van der Waals surface area contributed by atoms with Crippen molar-refractivity contribution in [3.63, 3.8) is 0 Å². The van der Waals surface area contributed by atoms with Gasteiger partial charge in [-0.15, -0.1) is 0 Å². The Morgan fingerprint density at radius 1 is 1.04 bits per heavy atom. The molecule has 0 aliphatic carbocycles. The summed E-state index contributed by atoms with van der Waals surface area (Å²) in [5.74, 6) is -0.00264. The molecule has 0 atom stereocenters. The van der Waals surface area contributed by atoms with Crippen LogP contribution in [0.2, 0.25) is 0 Å². The third-order valence-electron chi connectivity index (χ3n) is 3.96. The minimum Gasteiger partial charge on any atom is -0.324 e. The number of nitrogens with zero attached hydrogens (tertiary/aromatic N) is 3. The number of anilines is 3. The number of nitriles is 1. The Morgan fingerprint density at radius 2 is 1.85 bits per heavy atom. The highest BCUT2D eigenvalue weighted by atomic mass is 16.1. The number of amides is 1. The molecule has 0 aliphatic heterocycles. The topological polar surface area (TPSA) is 90.7 Å². The number of aromatic nitrogens is 2. The standard InChI is InChI=1S/C21H19N5O/c1-13-7-8-18(14(2)9-13)25-20(27)19-10-15(3)23-21(26-19)24-17-6-4-5-16(11-17)12-22/h4-11H,1-3H3,(H,25,27)(H,23,24,26). The van der Waals surface area contributed by atoms with Gasteiger partial charge in [-0.05, 0) is 56.7 Å². The maximum Gasteiger partial charge on any atom is 0.274 e. The van der Waals surface area contributed by atoms with Crippen molar-refractivity contribution < 1.29 is 4.79 Å². The van der Waals surface area contributed by atoms with Gasteiger partial charge in [0.25, 0.3) is 5.91 Å². The maximum atomic E-state index is 12.6. The molecule has 3 aromatic rings. The number of carbonyl (C=O) groups excluding carboxylic acids is 1. The Bertz CT molecular complexity index is 1050. The second kappa shape index (κ2) is 7.67. The molecule has 6 heteroatoms. The molecule has 134 valence electrons. The molecule has 0 saturated carbocycles. The van der Waals surface area contributed by atoms with Crippen molar-refractivity contribution in [1.29, 1.82) is 5.26 Å². The summed E-state index contributed by atoms with van der Waals surface area (Å²) in [6, 6.07) is 16.5. The summed E-state index contributed by atoms with van der Waals surface area (Å²) in [6.07, 6.45) is 0. The minimum absolute atomic E-state index is 0.265. The van der Waals surface area contributed by atoms with Crippen LogP contribution in [0.25, 0.3) is 0 Å². The highest BCUT2D eigenvalue weighted by molar-refractivity contribution is 6.03. The first-order chi connectivity index (χ1) is 12.9. The molecule has 27 heavy (non-hydrogen) atoms. The van der Waals surface area contributed by atoms with Gasteiger partial charge >= 0.3 is 0 Å². The van der Waals surface area contributed by atoms with Crippen molar-refractivity contribution in [2.75, 3.05) is 10.6 Å². The molecule has 0 aliphatic rings. The van der Waals surface area contributed by atoms with E-state index in [1.54, 1.807) is 31.2 Å². The van der Waals surface area contributed by atoms with Crippen molar-refractivity contribution in [3.8, 4) is 6.07 Å². The summed E-state index contributed by atoms with van der Waals surface area (Å²) in [5, 5.41) is 14.9. The number of aryl methyl sites for hydroxylation is 3. The molecular formula is C21H19N5O. The number of nitrogens with one attached hydrogen (secondary N) is 2. The Balaban J connectivity index is 1.84. The summed E-state index contributed by atoms with van der Waals surface area (Å²) in [7, 11) is 0. The maximum absolute atomic E-state index is 12.6. The van der Waals surface area contributed by atoms with Crippen LogP contribution in [0.5, 0.6) is 0 Å². The quantitative estimate of drug-likeness (QED) is 0.728. The van der Waals surface area contributed by atoms with Gasteiger partial charge in [0.2, 0.25) is 5.95 Å². The number of carbonyl (C=O) groups is 1.